The first-order valence-electron chi connectivity index (χ1n) is 9.00. The number of benzene rings is 2. The topological polar surface area (TPSA) is 109 Å². The molecule has 0 aliphatic rings. The second-order valence-corrected chi connectivity index (χ2v) is 7.25. The molecule has 2 heterocycles. The first-order valence-corrected chi connectivity index (χ1v) is 9.88. The summed E-state index contributed by atoms with van der Waals surface area (Å²) in [4.78, 5) is 32.8. The predicted molar refractivity (Wildman–Crippen MR) is 114 cm³/mol. The van der Waals surface area contributed by atoms with Crippen LogP contribution in [-0.4, -0.2) is 31.5 Å². The molecule has 0 radical (unpaired) electrons. The number of aromatic hydroxyl groups is 1. The Morgan fingerprint density at radius 3 is 2.67 bits per heavy atom. The highest BCUT2D eigenvalue weighted by Crippen LogP contribution is 2.19. The lowest BCUT2D eigenvalue weighted by atomic mass is 10.2. The molecule has 0 saturated carbocycles. The van der Waals surface area contributed by atoms with Gasteiger partial charge in [-0.25, -0.2) is 9.97 Å². The first kappa shape index (κ1) is 19.3. The van der Waals surface area contributed by atoms with Crippen LogP contribution in [0.5, 0.6) is 5.75 Å². The molecule has 0 bridgehead atoms. The molecule has 0 spiro atoms. The summed E-state index contributed by atoms with van der Waals surface area (Å²) in [5.74, 6) is -0.576. The number of carbonyl (C=O) groups excluding carboxylic acids is 2. The summed E-state index contributed by atoms with van der Waals surface area (Å²) in [6.07, 6.45) is 5.32. The van der Waals surface area contributed by atoms with E-state index in [0.29, 0.717) is 22.1 Å². The third kappa shape index (κ3) is 4.70. The van der Waals surface area contributed by atoms with Crippen LogP contribution in [0.4, 0.5) is 10.8 Å². The second-order valence-electron chi connectivity index (χ2n) is 6.39. The van der Waals surface area contributed by atoms with Gasteiger partial charge in [-0.3, -0.25) is 14.9 Å². The monoisotopic (exact) mass is 419 g/mol. The fourth-order valence-electron chi connectivity index (χ4n) is 2.76. The van der Waals surface area contributed by atoms with Gasteiger partial charge in [0.05, 0.1) is 18.4 Å². The predicted octanol–water partition coefficient (Wildman–Crippen LogP) is 3.47. The Labute approximate surface area is 175 Å². The molecule has 2 amide bonds. The van der Waals surface area contributed by atoms with Crippen molar-refractivity contribution in [2.45, 2.75) is 6.42 Å². The molecule has 0 saturated heterocycles. The number of carbonyl (C=O) groups is 2. The minimum atomic E-state index is -0.380. The van der Waals surface area contributed by atoms with E-state index < -0.39 is 0 Å². The number of phenolic OH excluding ortho intramolecular Hbond substituents is 1. The number of nitrogens with one attached hydrogen (secondary N) is 2. The summed E-state index contributed by atoms with van der Waals surface area (Å²) < 4.78 is 1.87. The number of thiazole rings is 1. The van der Waals surface area contributed by atoms with Gasteiger partial charge in [-0.2, -0.15) is 0 Å². The lowest BCUT2D eigenvalue weighted by Crippen LogP contribution is -2.15. The van der Waals surface area contributed by atoms with Crippen molar-refractivity contribution in [1.82, 2.24) is 14.5 Å². The Morgan fingerprint density at radius 1 is 1.10 bits per heavy atom. The first-order chi connectivity index (χ1) is 14.6. The highest BCUT2D eigenvalue weighted by atomic mass is 32.1. The maximum Gasteiger partial charge on any atom is 0.257 e. The van der Waals surface area contributed by atoms with Crippen molar-refractivity contribution >= 4 is 34.0 Å². The standard InChI is InChI=1S/C21H17N5O3S/c27-18-3-1-2-14(10-18)20(29)25-21-24-16(12-30-21)11-19(28)23-15-4-6-17(7-5-15)26-9-8-22-13-26/h1-10,12-13,27H,11H2,(H,23,28)(H,24,25,29). The molecule has 2 aromatic carbocycles. The number of nitrogens with zero attached hydrogens (tertiary/aromatic N) is 3. The van der Waals surface area contributed by atoms with Crippen molar-refractivity contribution in [3.63, 3.8) is 0 Å². The van der Waals surface area contributed by atoms with Gasteiger partial charge < -0.3 is 15.0 Å². The van der Waals surface area contributed by atoms with Crippen molar-refractivity contribution in [3.8, 4) is 11.4 Å². The van der Waals surface area contributed by atoms with Crippen LogP contribution in [0.25, 0.3) is 5.69 Å². The van der Waals surface area contributed by atoms with Gasteiger partial charge in [0.1, 0.15) is 5.75 Å². The van der Waals surface area contributed by atoms with Crippen LogP contribution in [0.15, 0.2) is 72.6 Å². The number of amides is 2. The van der Waals surface area contributed by atoms with Crippen molar-refractivity contribution in [2.24, 2.45) is 0 Å². The van der Waals surface area contributed by atoms with E-state index in [1.807, 2.05) is 35.0 Å². The average molecular weight is 419 g/mol. The molecule has 8 nitrogen and oxygen atoms in total. The van der Waals surface area contributed by atoms with E-state index in [1.54, 1.807) is 30.0 Å². The number of phenols is 1. The zero-order valence-corrected chi connectivity index (χ0v) is 16.5. The minimum absolute atomic E-state index is 0.0113. The van der Waals surface area contributed by atoms with Gasteiger partial charge in [-0.05, 0) is 42.5 Å². The summed E-state index contributed by atoms with van der Waals surface area (Å²) in [5, 5.41) is 17.1. The van der Waals surface area contributed by atoms with E-state index in [0.717, 1.165) is 5.69 Å². The molecular weight excluding hydrogens is 402 g/mol. The quantitative estimate of drug-likeness (QED) is 0.443. The maximum absolute atomic E-state index is 12.3. The number of imidazole rings is 1. The van der Waals surface area contributed by atoms with E-state index in [2.05, 4.69) is 20.6 Å². The summed E-state index contributed by atoms with van der Waals surface area (Å²) in [7, 11) is 0. The van der Waals surface area contributed by atoms with Gasteiger partial charge in [-0.15, -0.1) is 11.3 Å². The molecule has 30 heavy (non-hydrogen) atoms. The van der Waals surface area contributed by atoms with Crippen LogP contribution >= 0.6 is 11.3 Å². The van der Waals surface area contributed by atoms with E-state index in [1.165, 1.54) is 23.5 Å². The Morgan fingerprint density at radius 2 is 1.93 bits per heavy atom. The van der Waals surface area contributed by atoms with Crippen LogP contribution in [-0.2, 0) is 11.2 Å². The summed E-state index contributed by atoms with van der Waals surface area (Å²) >= 11 is 1.23. The normalized spacial score (nSPS) is 10.5. The van der Waals surface area contributed by atoms with Crippen LogP contribution in [0.2, 0.25) is 0 Å². The van der Waals surface area contributed by atoms with Gasteiger partial charge in [0.15, 0.2) is 5.13 Å². The number of rotatable bonds is 6. The van der Waals surface area contributed by atoms with E-state index in [9.17, 15) is 14.7 Å². The molecule has 150 valence electrons. The highest BCUT2D eigenvalue weighted by Gasteiger charge is 2.12. The zero-order valence-electron chi connectivity index (χ0n) is 15.6. The van der Waals surface area contributed by atoms with E-state index >= 15 is 0 Å². The molecule has 4 rings (SSSR count). The van der Waals surface area contributed by atoms with Gasteiger partial charge >= 0.3 is 0 Å². The average Bonchev–Trinajstić information content (AvgIpc) is 3.41. The fraction of sp³-hybridized carbons (Fsp3) is 0.0476. The summed E-state index contributed by atoms with van der Waals surface area (Å²) in [6.45, 7) is 0. The number of aromatic nitrogens is 3. The number of hydrogen-bond donors (Lipinski definition) is 3. The molecule has 0 aliphatic carbocycles. The zero-order chi connectivity index (χ0) is 20.9. The van der Waals surface area contributed by atoms with Crippen LogP contribution < -0.4 is 10.6 Å². The summed E-state index contributed by atoms with van der Waals surface area (Å²) in [5.41, 5.74) is 2.50. The van der Waals surface area contributed by atoms with Crippen molar-refractivity contribution in [2.75, 3.05) is 10.6 Å². The Hall–Kier alpha value is -3.98. The van der Waals surface area contributed by atoms with Gasteiger partial charge in [0.2, 0.25) is 5.91 Å². The SMILES string of the molecule is O=C(Cc1csc(NC(=O)c2cccc(O)c2)n1)Nc1ccc(-n2ccnc2)cc1. The fourth-order valence-corrected chi connectivity index (χ4v) is 3.47. The van der Waals surface area contributed by atoms with Crippen molar-refractivity contribution in [1.29, 1.82) is 0 Å². The second kappa shape index (κ2) is 8.58. The molecule has 0 aliphatic heterocycles. The van der Waals surface area contributed by atoms with Crippen LogP contribution in [0.1, 0.15) is 16.1 Å². The molecule has 0 atom stereocenters. The smallest absolute Gasteiger partial charge is 0.257 e. The molecule has 3 N–H and O–H groups in total. The molecule has 0 fully saturated rings. The molecular formula is C21H17N5O3S. The van der Waals surface area contributed by atoms with Crippen molar-refractivity contribution < 1.29 is 14.7 Å². The Balaban J connectivity index is 1.33. The van der Waals surface area contributed by atoms with Crippen LogP contribution in [0, 0.1) is 0 Å². The minimum Gasteiger partial charge on any atom is -0.508 e. The van der Waals surface area contributed by atoms with Crippen LogP contribution in [0.3, 0.4) is 0 Å². The summed E-state index contributed by atoms with van der Waals surface area (Å²) in [6, 6.07) is 13.4. The maximum atomic E-state index is 12.3. The largest absolute Gasteiger partial charge is 0.508 e. The molecule has 2 aromatic heterocycles. The Kier molecular flexibility index (Phi) is 5.53. The number of hydrogen-bond acceptors (Lipinski definition) is 6. The molecule has 9 heteroatoms. The Bertz CT molecular complexity index is 1170. The van der Waals surface area contributed by atoms with E-state index in [-0.39, 0.29) is 24.0 Å². The lowest BCUT2D eigenvalue weighted by Gasteiger charge is -2.06. The lowest BCUT2D eigenvalue weighted by molar-refractivity contribution is -0.115. The third-order valence-electron chi connectivity index (χ3n) is 4.18. The van der Waals surface area contributed by atoms with E-state index in [4.69, 9.17) is 0 Å². The van der Waals surface area contributed by atoms with Gasteiger partial charge in [0.25, 0.3) is 5.91 Å². The van der Waals surface area contributed by atoms with Gasteiger partial charge in [-0.1, -0.05) is 6.07 Å². The van der Waals surface area contributed by atoms with Gasteiger partial charge in [0, 0.05) is 34.7 Å². The molecule has 4 aromatic rings. The van der Waals surface area contributed by atoms with Crippen molar-refractivity contribution in [3.05, 3.63) is 83.9 Å². The molecule has 0 unspecified atom stereocenters. The third-order valence-corrected chi connectivity index (χ3v) is 4.98. The highest BCUT2D eigenvalue weighted by molar-refractivity contribution is 7.14. The number of anilines is 2.